The van der Waals surface area contributed by atoms with Gasteiger partial charge in [0.15, 0.2) is 9.84 Å². The van der Waals surface area contributed by atoms with Crippen molar-refractivity contribution in [1.29, 1.82) is 0 Å². The number of fused-ring (bicyclic) bond motifs is 1. The predicted molar refractivity (Wildman–Crippen MR) is 75.2 cm³/mol. The van der Waals surface area contributed by atoms with Gasteiger partial charge in [0.05, 0.1) is 23.2 Å². The first-order chi connectivity index (χ1) is 9.53. The summed E-state index contributed by atoms with van der Waals surface area (Å²) >= 11 is 0. The van der Waals surface area contributed by atoms with E-state index in [0.29, 0.717) is 5.69 Å². The molecule has 0 spiro atoms. The van der Waals surface area contributed by atoms with E-state index in [1.165, 1.54) is 6.08 Å². The number of rotatable bonds is 2. The topological polar surface area (TPSA) is 88.2 Å². The molecule has 0 aromatic carbocycles. The second-order valence-corrected chi connectivity index (χ2v) is 6.89. The van der Waals surface area contributed by atoms with Crippen LogP contribution in [-0.4, -0.2) is 37.6 Å². The first kappa shape index (κ1) is 13.1. The van der Waals surface area contributed by atoms with Crippen molar-refractivity contribution in [3.8, 4) is 0 Å². The summed E-state index contributed by atoms with van der Waals surface area (Å²) in [6, 6.07) is 3.03. The maximum atomic E-state index is 12.1. The van der Waals surface area contributed by atoms with Crippen LogP contribution >= 0.6 is 0 Å². The van der Waals surface area contributed by atoms with Gasteiger partial charge in [-0.05, 0) is 31.1 Å². The summed E-state index contributed by atoms with van der Waals surface area (Å²) in [4.78, 5) is 16.4. The first-order valence-corrected chi connectivity index (χ1v) is 8.21. The van der Waals surface area contributed by atoms with E-state index in [1.54, 1.807) is 6.07 Å². The van der Waals surface area contributed by atoms with Crippen LogP contribution in [0.15, 0.2) is 23.6 Å². The summed E-state index contributed by atoms with van der Waals surface area (Å²) in [6.07, 6.45) is 3.34. The fourth-order valence-electron chi connectivity index (χ4n) is 2.37. The van der Waals surface area contributed by atoms with Gasteiger partial charge in [-0.3, -0.25) is 4.79 Å². The number of nitrogens with zero attached hydrogens (tertiary/aromatic N) is 1. The number of pyridine rings is 1. The highest BCUT2D eigenvalue weighted by Crippen LogP contribution is 2.20. The number of amides is 1. The van der Waals surface area contributed by atoms with E-state index >= 15 is 0 Å². The molecule has 2 aliphatic heterocycles. The van der Waals surface area contributed by atoms with Crippen LogP contribution < -0.4 is 10.6 Å². The number of hydrogen-bond donors (Lipinski definition) is 2. The number of aromatic nitrogens is 1. The highest BCUT2D eigenvalue weighted by molar-refractivity contribution is 7.94. The number of nitrogens with one attached hydrogen (secondary N) is 2. The van der Waals surface area contributed by atoms with Crippen LogP contribution in [0.1, 0.15) is 22.6 Å². The van der Waals surface area contributed by atoms with E-state index in [0.717, 1.165) is 36.2 Å². The third kappa shape index (κ3) is 2.67. The summed E-state index contributed by atoms with van der Waals surface area (Å²) in [7, 11) is -3.16. The number of anilines is 1. The van der Waals surface area contributed by atoms with Crippen LogP contribution in [0, 0.1) is 0 Å². The molecule has 1 amide bonds. The van der Waals surface area contributed by atoms with E-state index in [9.17, 15) is 13.2 Å². The number of sulfone groups is 1. The molecule has 2 N–H and O–H groups in total. The molecule has 0 saturated heterocycles. The van der Waals surface area contributed by atoms with Gasteiger partial charge in [0, 0.05) is 12.0 Å². The lowest BCUT2D eigenvalue weighted by molar-refractivity contribution is 0.0942. The monoisotopic (exact) mass is 293 g/mol. The quantitative estimate of drug-likeness (QED) is 0.828. The Balaban J connectivity index is 1.73. The van der Waals surface area contributed by atoms with Crippen LogP contribution in [0.5, 0.6) is 0 Å². The molecule has 0 radical (unpaired) electrons. The molecule has 1 unspecified atom stereocenters. The largest absolute Gasteiger partial charge is 0.384 e. The molecule has 6 nitrogen and oxygen atoms in total. The van der Waals surface area contributed by atoms with E-state index in [-0.39, 0.29) is 11.7 Å². The Morgan fingerprint density at radius 3 is 3.00 bits per heavy atom. The average molecular weight is 293 g/mol. The van der Waals surface area contributed by atoms with Crippen LogP contribution in [0.25, 0.3) is 0 Å². The van der Waals surface area contributed by atoms with Gasteiger partial charge >= 0.3 is 0 Å². The molecule has 0 saturated carbocycles. The minimum atomic E-state index is -3.16. The molecular formula is C13H15N3O3S. The Labute approximate surface area is 117 Å². The second kappa shape index (κ2) is 4.90. The number of carbonyl (C=O) groups excluding carboxylic acids is 1. The zero-order valence-electron chi connectivity index (χ0n) is 10.8. The lowest BCUT2D eigenvalue weighted by Gasteiger charge is -2.17. The molecule has 7 heteroatoms. The van der Waals surface area contributed by atoms with Gasteiger partial charge < -0.3 is 10.6 Å². The van der Waals surface area contributed by atoms with Crippen molar-refractivity contribution in [1.82, 2.24) is 10.3 Å². The molecule has 3 heterocycles. The zero-order valence-corrected chi connectivity index (χ0v) is 11.6. The second-order valence-electron chi connectivity index (χ2n) is 4.96. The molecule has 1 aromatic heterocycles. The maximum Gasteiger partial charge on any atom is 0.270 e. The third-order valence-corrected chi connectivity index (χ3v) is 4.75. The van der Waals surface area contributed by atoms with Crippen molar-refractivity contribution < 1.29 is 13.2 Å². The van der Waals surface area contributed by atoms with Crippen LogP contribution in [0.4, 0.5) is 5.69 Å². The van der Waals surface area contributed by atoms with Crippen LogP contribution in [-0.2, 0) is 16.3 Å². The SMILES string of the molecule is O=C(NC1C=CS(=O)(=O)C1)c1ccc2c(n1)CCCN2. The molecule has 0 aliphatic carbocycles. The molecule has 1 aromatic rings. The fraction of sp³-hybridized carbons (Fsp3) is 0.385. The molecule has 1 atom stereocenters. The van der Waals surface area contributed by atoms with Crippen LogP contribution in [0.3, 0.4) is 0 Å². The molecule has 20 heavy (non-hydrogen) atoms. The van der Waals surface area contributed by atoms with Gasteiger partial charge in [-0.2, -0.15) is 0 Å². The van der Waals surface area contributed by atoms with Gasteiger partial charge in [-0.15, -0.1) is 0 Å². The highest BCUT2D eigenvalue weighted by Gasteiger charge is 2.24. The van der Waals surface area contributed by atoms with Crippen molar-refractivity contribution in [2.24, 2.45) is 0 Å². The lowest BCUT2D eigenvalue weighted by Crippen LogP contribution is -2.36. The summed E-state index contributed by atoms with van der Waals surface area (Å²) in [5.41, 5.74) is 2.18. The molecule has 0 fully saturated rings. The average Bonchev–Trinajstić information content (AvgIpc) is 2.77. The zero-order chi connectivity index (χ0) is 14.2. The van der Waals surface area contributed by atoms with Gasteiger partial charge in [0.25, 0.3) is 5.91 Å². The van der Waals surface area contributed by atoms with Crippen molar-refractivity contribution in [2.45, 2.75) is 18.9 Å². The Kier molecular flexibility index (Phi) is 3.21. The first-order valence-electron chi connectivity index (χ1n) is 6.49. The van der Waals surface area contributed by atoms with Gasteiger partial charge in [0.1, 0.15) is 5.69 Å². The van der Waals surface area contributed by atoms with Gasteiger partial charge in [-0.25, -0.2) is 13.4 Å². The Bertz CT molecular complexity index is 682. The van der Waals surface area contributed by atoms with Crippen LogP contribution in [0.2, 0.25) is 0 Å². The Hall–Kier alpha value is -1.89. The van der Waals surface area contributed by atoms with Crippen molar-refractivity contribution in [3.63, 3.8) is 0 Å². The van der Waals surface area contributed by atoms with Crippen molar-refractivity contribution >= 4 is 21.4 Å². The number of carbonyl (C=O) groups is 1. The van der Waals surface area contributed by atoms with E-state index < -0.39 is 15.9 Å². The molecule has 0 bridgehead atoms. The summed E-state index contributed by atoms with van der Waals surface area (Å²) in [5.74, 6) is -0.421. The molecule has 106 valence electrons. The molecular weight excluding hydrogens is 278 g/mol. The smallest absolute Gasteiger partial charge is 0.270 e. The Morgan fingerprint density at radius 1 is 1.40 bits per heavy atom. The highest BCUT2D eigenvalue weighted by atomic mass is 32.2. The van der Waals surface area contributed by atoms with E-state index in [2.05, 4.69) is 15.6 Å². The summed E-state index contributed by atoms with van der Waals surface area (Å²) in [5, 5.41) is 7.04. The maximum absolute atomic E-state index is 12.1. The number of hydrogen-bond acceptors (Lipinski definition) is 5. The van der Waals surface area contributed by atoms with Crippen molar-refractivity contribution in [2.75, 3.05) is 17.6 Å². The van der Waals surface area contributed by atoms with Gasteiger partial charge in [0.2, 0.25) is 0 Å². The lowest BCUT2D eigenvalue weighted by atomic mass is 10.1. The Morgan fingerprint density at radius 2 is 2.25 bits per heavy atom. The minimum Gasteiger partial charge on any atom is -0.384 e. The van der Waals surface area contributed by atoms with E-state index in [4.69, 9.17) is 0 Å². The minimum absolute atomic E-state index is 0.0781. The summed E-state index contributed by atoms with van der Waals surface area (Å²) < 4.78 is 22.6. The van der Waals surface area contributed by atoms with Gasteiger partial charge in [-0.1, -0.05) is 0 Å². The predicted octanol–water partition coefficient (Wildman–Crippen LogP) is 0.480. The number of aryl methyl sites for hydroxylation is 1. The van der Waals surface area contributed by atoms with Crippen molar-refractivity contribution in [3.05, 3.63) is 35.0 Å². The normalized spacial score (nSPS) is 22.9. The molecule has 3 rings (SSSR count). The third-order valence-electron chi connectivity index (χ3n) is 3.36. The fourth-order valence-corrected chi connectivity index (χ4v) is 3.60. The molecule has 2 aliphatic rings. The summed E-state index contributed by atoms with van der Waals surface area (Å²) in [6.45, 7) is 0.922. The van der Waals surface area contributed by atoms with E-state index in [1.807, 2.05) is 6.07 Å². The standard InChI is InChI=1S/C13H15N3O3S/c17-13(15-9-5-7-20(18,19)8-9)12-4-3-10-11(16-12)2-1-6-14-10/h3-5,7,9,14H,1-2,6,8H2,(H,15,17).